The van der Waals surface area contributed by atoms with Crippen LogP contribution in [0.5, 0.6) is 0 Å². The number of aromatic nitrogens is 1. The molecular formula is C16H18ClN3O2. The van der Waals surface area contributed by atoms with Crippen molar-refractivity contribution in [1.82, 2.24) is 10.3 Å². The topological polar surface area (TPSA) is 63.2 Å². The van der Waals surface area contributed by atoms with Gasteiger partial charge in [0, 0.05) is 18.3 Å². The van der Waals surface area contributed by atoms with Gasteiger partial charge < -0.3 is 10.1 Å². The summed E-state index contributed by atoms with van der Waals surface area (Å²) >= 11 is 5.88. The summed E-state index contributed by atoms with van der Waals surface area (Å²) in [6.07, 6.45) is 1.63. The molecule has 0 spiro atoms. The third kappa shape index (κ3) is 4.44. The number of amides is 2. The van der Waals surface area contributed by atoms with Crippen LogP contribution in [0, 0.1) is 6.92 Å². The molecule has 0 aliphatic carbocycles. The van der Waals surface area contributed by atoms with Gasteiger partial charge in [-0.2, -0.15) is 0 Å². The largest absolute Gasteiger partial charge is 0.382 e. The fraction of sp³-hybridized carbons (Fsp3) is 0.250. The Morgan fingerprint density at radius 2 is 2.05 bits per heavy atom. The predicted octanol–water partition coefficient (Wildman–Crippen LogP) is 3.55. The molecule has 0 fully saturated rings. The molecule has 1 aromatic carbocycles. The van der Waals surface area contributed by atoms with E-state index in [0.717, 1.165) is 11.1 Å². The highest BCUT2D eigenvalue weighted by Crippen LogP contribution is 2.17. The molecule has 0 aliphatic heterocycles. The quantitative estimate of drug-likeness (QED) is 0.885. The molecule has 2 amide bonds. The Bertz CT molecular complexity index is 632. The average molecular weight is 320 g/mol. The van der Waals surface area contributed by atoms with E-state index in [0.29, 0.717) is 17.4 Å². The highest BCUT2D eigenvalue weighted by molar-refractivity contribution is 6.30. The SMILES string of the molecule is COC[C@@H](NC(=O)Nc1ncccc1C)c1ccc(Cl)cc1. The number of rotatable bonds is 5. The third-order valence-electron chi connectivity index (χ3n) is 3.15. The lowest BCUT2D eigenvalue weighted by atomic mass is 10.1. The monoisotopic (exact) mass is 319 g/mol. The van der Waals surface area contributed by atoms with E-state index in [9.17, 15) is 4.79 Å². The summed E-state index contributed by atoms with van der Waals surface area (Å²) in [7, 11) is 1.59. The van der Waals surface area contributed by atoms with Crippen LogP contribution in [0.2, 0.25) is 5.02 Å². The molecule has 2 N–H and O–H groups in total. The van der Waals surface area contributed by atoms with Gasteiger partial charge in [-0.15, -0.1) is 0 Å². The Morgan fingerprint density at radius 1 is 1.32 bits per heavy atom. The van der Waals surface area contributed by atoms with E-state index >= 15 is 0 Å². The summed E-state index contributed by atoms with van der Waals surface area (Å²) in [5.74, 6) is 0.535. The van der Waals surface area contributed by atoms with Crippen molar-refractivity contribution in [3.8, 4) is 0 Å². The maximum Gasteiger partial charge on any atom is 0.320 e. The van der Waals surface area contributed by atoms with E-state index < -0.39 is 0 Å². The molecule has 0 radical (unpaired) electrons. The molecule has 0 saturated carbocycles. The number of methoxy groups -OCH3 is 1. The van der Waals surface area contributed by atoms with Crippen molar-refractivity contribution in [2.45, 2.75) is 13.0 Å². The molecule has 116 valence electrons. The Labute approximate surface area is 134 Å². The first-order valence-electron chi connectivity index (χ1n) is 6.83. The van der Waals surface area contributed by atoms with Crippen LogP contribution in [-0.2, 0) is 4.74 Å². The number of carbonyl (C=O) groups is 1. The molecule has 1 atom stereocenters. The van der Waals surface area contributed by atoms with Crippen LogP contribution in [0.15, 0.2) is 42.6 Å². The summed E-state index contributed by atoms with van der Waals surface area (Å²) in [5, 5.41) is 6.26. The molecule has 2 aromatic rings. The minimum absolute atomic E-state index is 0.272. The van der Waals surface area contributed by atoms with Gasteiger partial charge in [-0.05, 0) is 36.2 Å². The fourth-order valence-electron chi connectivity index (χ4n) is 2.00. The van der Waals surface area contributed by atoms with Crippen molar-refractivity contribution >= 4 is 23.4 Å². The maximum atomic E-state index is 12.1. The second kappa shape index (κ2) is 7.77. The van der Waals surface area contributed by atoms with Crippen LogP contribution >= 0.6 is 11.6 Å². The molecule has 0 bridgehead atoms. The molecule has 1 heterocycles. The molecule has 22 heavy (non-hydrogen) atoms. The van der Waals surface area contributed by atoms with Gasteiger partial charge in [0.05, 0.1) is 12.6 Å². The van der Waals surface area contributed by atoms with Crippen molar-refractivity contribution in [1.29, 1.82) is 0 Å². The maximum absolute atomic E-state index is 12.1. The molecule has 5 nitrogen and oxygen atoms in total. The van der Waals surface area contributed by atoms with Gasteiger partial charge in [0.25, 0.3) is 0 Å². The number of carbonyl (C=O) groups excluding carboxylic acids is 1. The van der Waals surface area contributed by atoms with E-state index in [1.165, 1.54) is 0 Å². The van der Waals surface area contributed by atoms with E-state index in [2.05, 4.69) is 15.6 Å². The van der Waals surface area contributed by atoms with Gasteiger partial charge in [-0.3, -0.25) is 5.32 Å². The Morgan fingerprint density at radius 3 is 2.68 bits per heavy atom. The van der Waals surface area contributed by atoms with Gasteiger partial charge in [-0.25, -0.2) is 9.78 Å². The van der Waals surface area contributed by atoms with E-state index in [1.54, 1.807) is 25.4 Å². The molecule has 0 aliphatic rings. The number of aryl methyl sites for hydroxylation is 1. The van der Waals surface area contributed by atoms with E-state index in [4.69, 9.17) is 16.3 Å². The van der Waals surface area contributed by atoms with Gasteiger partial charge in [0.2, 0.25) is 0 Å². The number of pyridine rings is 1. The zero-order valence-corrected chi connectivity index (χ0v) is 13.2. The molecular weight excluding hydrogens is 302 g/mol. The van der Waals surface area contributed by atoms with Crippen LogP contribution in [-0.4, -0.2) is 24.7 Å². The first-order valence-corrected chi connectivity index (χ1v) is 7.21. The number of ether oxygens (including phenoxy) is 1. The highest BCUT2D eigenvalue weighted by atomic mass is 35.5. The third-order valence-corrected chi connectivity index (χ3v) is 3.40. The molecule has 6 heteroatoms. The fourth-order valence-corrected chi connectivity index (χ4v) is 2.13. The number of hydrogen-bond acceptors (Lipinski definition) is 3. The summed E-state index contributed by atoms with van der Waals surface area (Å²) in [4.78, 5) is 16.3. The summed E-state index contributed by atoms with van der Waals surface area (Å²) in [6, 6.07) is 10.4. The van der Waals surface area contributed by atoms with Crippen LogP contribution in [0.3, 0.4) is 0 Å². The number of hydrogen-bond donors (Lipinski definition) is 2. The van der Waals surface area contributed by atoms with Crippen molar-refractivity contribution in [2.24, 2.45) is 0 Å². The van der Waals surface area contributed by atoms with E-state index in [-0.39, 0.29) is 12.1 Å². The molecule has 0 unspecified atom stereocenters. The summed E-state index contributed by atoms with van der Waals surface area (Å²) in [6.45, 7) is 2.24. The number of nitrogens with one attached hydrogen (secondary N) is 2. The van der Waals surface area contributed by atoms with Gasteiger partial charge >= 0.3 is 6.03 Å². The Hall–Kier alpha value is -2.11. The standard InChI is InChI=1S/C16H18ClN3O2/c1-11-4-3-9-18-15(11)20-16(21)19-14(10-22-2)12-5-7-13(17)8-6-12/h3-9,14H,10H2,1-2H3,(H2,18,19,20,21)/t14-/m1/s1. The Kier molecular flexibility index (Phi) is 5.75. The zero-order valence-electron chi connectivity index (χ0n) is 12.5. The second-order valence-electron chi connectivity index (χ2n) is 4.83. The van der Waals surface area contributed by atoms with Gasteiger partial charge in [0.15, 0.2) is 0 Å². The first kappa shape index (κ1) is 16.3. The highest BCUT2D eigenvalue weighted by Gasteiger charge is 2.15. The van der Waals surface area contributed by atoms with E-state index in [1.807, 2.05) is 31.2 Å². The van der Waals surface area contributed by atoms with Crippen molar-refractivity contribution in [3.05, 3.63) is 58.7 Å². The number of benzene rings is 1. The minimum atomic E-state index is -0.334. The summed E-state index contributed by atoms with van der Waals surface area (Å²) < 4.78 is 5.17. The summed E-state index contributed by atoms with van der Waals surface area (Å²) in [5.41, 5.74) is 1.81. The van der Waals surface area contributed by atoms with Gasteiger partial charge in [0.1, 0.15) is 5.82 Å². The van der Waals surface area contributed by atoms with Crippen molar-refractivity contribution < 1.29 is 9.53 Å². The number of nitrogens with zero attached hydrogens (tertiary/aromatic N) is 1. The normalized spacial score (nSPS) is 11.8. The smallest absolute Gasteiger partial charge is 0.320 e. The minimum Gasteiger partial charge on any atom is -0.382 e. The number of anilines is 1. The lowest BCUT2D eigenvalue weighted by Gasteiger charge is -2.19. The van der Waals surface area contributed by atoms with Crippen molar-refractivity contribution in [3.63, 3.8) is 0 Å². The molecule has 1 aromatic heterocycles. The molecule has 0 saturated heterocycles. The zero-order chi connectivity index (χ0) is 15.9. The number of halogens is 1. The predicted molar refractivity (Wildman–Crippen MR) is 87.2 cm³/mol. The lowest BCUT2D eigenvalue weighted by molar-refractivity contribution is 0.168. The van der Waals surface area contributed by atoms with Gasteiger partial charge in [-0.1, -0.05) is 29.8 Å². The van der Waals surface area contributed by atoms with Crippen LogP contribution in [0.4, 0.5) is 10.6 Å². The van der Waals surface area contributed by atoms with Crippen LogP contribution < -0.4 is 10.6 Å². The van der Waals surface area contributed by atoms with Crippen LogP contribution in [0.1, 0.15) is 17.2 Å². The van der Waals surface area contributed by atoms with Crippen LogP contribution in [0.25, 0.3) is 0 Å². The average Bonchev–Trinajstić information content (AvgIpc) is 2.50. The Balaban J connectivity index is 2.06. The lowest BCUT2D eigenvalue weighted by Crippen LogP contribution is -2.35. The first-order chi connectivity index (χ1) is 10.6. The van der Waals surface area contributed by atoms with Crippen molar-refractivity contribution in [2.75, 3.05) is 19.0 Å². The second-order valence-corrected chi connectivity index (χ2v) is 5.26. The molecule has 2 rings (SSSR count). The number of urea groups is 1.